The van der Waals surface area contributed by atoms with Crippen molar-refractivity contribution in [3.8, 4) is 0 Å². The quantitative estimate of drug-likeness (QED) is 0.838. The third kappa shape index (κ3) is 2.71. The number of carbonyl (C=O) groups excluding carboxylic acids is 1. The minimum Gasteiger partial charge on any atom is -0.370 e. The number of methoxy groups -OCH3 is 1. The Kier molecular flexibility index (Phi) is 4.04. The zero-order chi connectivity index (χ0) is 14.0. The molecule has 1 heterocycles. The van der Waals surface area contributed by atoms with Gasteiger partial charge in [0.15, 0.2) is 0 Å². The van der Waals surface area contributed by atoms with Crippen LogP contribution in [-0.2, 0) is 15.1 Å². The first-order valence-corrected chi connectivity index (χ1v) is 6.88. The monoisotopic (exact) mass is 266 g/mol. The van der Waals surface area contributed by atoms with Crippen LogP contribution in [0.15, 0.2) is 4.52 Å². The first kappa shape index (κ1) is 14.2. The predicted molar refractivity (Wildman–Crippen MR) is 69.7 cm³/mol. The summed E-state index contributed by atoms with van der Waals surface area (Å²) in [6, 6.07) is 0. The van der Waals surface area contributed by atoms with Crippen LogP contribution in [0.2, 0.25) is 0 Å². The van der Waals surface area contributed by atoms with Crippen LogP contribution < -0.4 is 0 Å². The Bertz CT molecular complexity index is 447. The van der Waals surface area contributed by atoms with Gasteiger partial charge in [-0.05, 0) is 45.4 Å². The summed E-state index contributed by atoms with van der Waals surface area (Å²) in [5, 5.41) is 4.05. The number of aromatic nitrogens is 2. The maximum Gasteiger partial charge on any atom is 0.237 e. The van der Waals surface area contributed by atoms with Gasteiger partial charge in [0.1, 0.15) is 11.4 Å². The summed E-state index contributed by atoms with van der Waals surface area (Å²) in [5.74, 6) is 1.37. The molecule has 2 rings (SSSR count). The second-order valence-corrected chi connectivity index (χ2v) is 5.67. The molecule has 1 atom stereocenters. The maximum atomic E-state index is 11.4. The van der Waals surface area contributed by atoms with Crippen molar-refractivity contribution in [3.63, 3.8) is 0 Å². The summed E-state index contributed by atoms with van der Waals surface area (Å²) in [7, 11) is 1.69. The van der Waals surface area contributed by atoms with E-state index in [1.165, 1.54) is 6.92 Å². The molecule has 0 amide bonds. The summed E-state index contributed by atoms with van der Waals surface area (Å²) < 4.78 is 10.9. The number of ether oxygens (including phenoxy) is 1. The maximum absolute atomic E-state index is 11.4. The Morgan fingerprint density at radius 1 is 1.47 bits per heavy atom. The van der Waals surface area contributed by atoms with E-state index in [0.29, 0.717) is 17.6 Å². The second kappa shape index (κ2) is 5.41. The van der Waals surface area contributed by atoms with Crippen molar-refractivity contribution in [1.29, 1.82) is 0 Å². The largest absolute Gasteiger partial charge is 0.370 e. The molecule has 0 radical (unpaired) electrons. The van der Waals surface area contributed by atoms with Crippen molar-refractivity contribution in [2.75, 3.05) is 7.11 Å². The molecule has 5 nitrogen and oxygen atoms in total. The van der Waals surface area contributed by atoms with Gasteiger partial charge in [0.25, 0.3) is 0 Å². The van der Waals surface area contributed by atoms with Crippen molar-refractivity contribution >= 4 is 5.78 Å². The van der Waals surface area contributed by atoms with Crippen LogP contribution in [0.5, 0.6) is 0 Å². The molecule has 0 bridgehead atoms. The van der Waals surface area contributed by atoms with Gasteiger partial charge in [-0.25, -0.2) is 0 Å². The van der Waals surface area contributed by atoms with Crippen molar-refractivity contribution < 1.29 is 14.1 Å². The van der Waals surface area contributed by atoms with Crippen LogP contribution in [0.4, 0.5) is 0 Å². The Labute approximate surface area is 113 Å². The van der Waals surface area contributed by atoms with Gasteiger partial charge < -0.3 is 9.26 Å². The molecule has 1 aliphatic rings. The SMILES string of the molecule is COC1(c2noc(C(C)C(C)=O)n2)CCC(C)CC1. The molecule has 1 saturated carbocycles. The van der Waals surface area contributed by atoms with E-state index in [1.54, 1.807) is 14.0 Å². The molecule has 0 aliphatic heterocycles. The van der Waals surface area contributed by atoms with E-state index in [2.05, 4.69) is 17.1 Å². The fraction of sp³-hybridized carbons (Fsp3) is 0.786. The standard InChI is InChI=1S/C14H22N2O3/c1-9-5-7-14(18-4,8-6-9)13-15-12(19-16-13)10(2)11(3)17/h9-10H,5-8H2,1-4H3. The summed E-state index contributed by atoms with van der Waals surface area (Å²) in [5.41, 5.74) is -0.440. The number of nitrogens with zero attached hydrogens (tertiary/aromatic N) is 2. The summed E-state index contributed by atoms with van der Waals surface area (Å²) >= 11 is 0. The van der Waals surface area contributed by atoms with Gasteiger partial charge in [-0.1, -0.05) is 12.1 Å². The molecule has 1 aromatic heterocycles. The van der Waals surface area contributed by atoms with Crippen molar-refractivity contribution in [3.05, 3.63) is 11.7 Å². The summed E-state index contributed by atoms with van der Waals surface area (Å²) in [4.78, 5) is 15.8. The molecule has 1 unspecified atom stereocenters. The first-order chi connectivity index (χ1) is 8.98. The topological polar surface area (TPSA) is 65.2 Å². The third-order valence-electron chi connectivity index (χ3n) is 4.30. The number of carbonyl (C=O) groups is 1. The van der Waals surface area contributed by atoms with E-state index in [-0.39, 0.29) is 11.7 Å². The number of Topliss-reactive ketones (excluding diaryl/α,β-unsaturated/α-hetero) is 1. The van der Waals surface area contributed by atoms with Gasteiger partial charge >= 0.3 is 0 Å². The van der Waals surface area contributed by atoms with Gasteiger partial charge in [0.05, 0.1) is 5.92 Å². The van der Waals surface area contributed by atoms with Crippen LogP contribution in [-0.4, -0.2) is 23.0 Å². The van der Waals surface area contributed by atoms with Crippen LogP contribution in [0, 0.1) is 5.92 Å². The summed E-state index contributed by atoms with van der Waals surface area (Å²) in [6.45, 7) is 5.56. The second-order valence-electron chi connectivity index (χ2n) is 5.67. The van der Waals surface area contributed by atoms with E-state index < -0.39 is 5.60 Å². The Hall–Kier alpha value is -1.23. The average Bonchev–Trinajstić information content (AvgIpc) is 2.89. The number of ketones is 1. The minimum atomic E-state index is -0.440. The van der Waals surface area contributed by atoms with E-state index in [1.807, 2.05) is 0 Å². The number of rotatable bonds is 4. The van der Waals surface area contributed by atoms with Crippen molar-refractivity contribution in [2.45, 2.75) is 58.0 Å². The molecular formula is C14H22N2O3. The van der Waals surface area contributed by atoms with Gasteiger partial charge in [-0.15, -0.1) is 0 Å². The van der Waals surface area contributed by atoms with Crippen LogP contribution in [0.3, 0.4) is 0 Å². The lowest BCUT2D eigenvalue weighted by molar-refractivity contribution is -0.118. The first-order valence-electron chi connectivity index (χ1n) is 6.88. The minimum absolute atomic E-state index is 0.0268. The molecule has 0 saturated heterocycles. The molecule has 1 aromatic rings. The molecule has 19 heavy (non-hydrogen) atoms. The van der Waals surface area contributed by atoms with Crippen LogP contribution in [0.25, 0.3) is 0 Å². The van der Waals surface area contributed by atoms with Gasteiger partial charge in [0, 0.05) is 7.11 Å². The lowest BCUT2D eigenvalue weighted by Crippen LogP contribution is -2.34. The van der Waals surface area contributed by atoms with Crippen molar-refractivity contribution in [2.24, 2.45) is 5.92 Å². The van der Waals surface area contributed by atoms with Gasteiger partial charge in [-0.2, -0.15) is 4.98 Å². The molecule has 106 valence electrons. The van der Waals surface area contributed by atoms with Gasteiger partial charge in [-0.3, -0.25) is 4.79 Å². The molecule has 5 heteroatoms. The molecule has 0 aromatic carbocycles. The van der Waals surface area contributed by atoms with Crippen LogP contribution >= 0.6 is 0 Å². The van der Waals surface area contributed by atoms with E-state index >= 15 is 0 Å². The highest BCUT2D eigenvalue weighted by Crippen LogP contribution is 2.41. The Morgan fingerprint density at radius 3 is 2.63 bits per heavy atom. The smallest absolute Gasteiger partial charge is 0.237 e. The average molecular weight is 266 g/mol. The van der Waals surface area contributed by atoms with Crippen molar-refractivity contribution in [1.82, 2.24) is 10.1 Å². The Balaban J connectivity index is 2.22. The van der Waals surface area contributed by atoms with E-state index in [9.17, 15) is 4.79 Å². The highest BCUT2D eigenvalue weighted by atomic mass is 16.5. The molecule has 0 spiro atoms. The number of hydrogen-bond acceptors (Lipinski definition) is 5. The highest BCUT2D eigenvalue weighted by molar-refractivity contribution is 5.81. The normalized spacial score (nSPS) is 29.2. The fourth-order valence-electron chi connectivity index (χ4n) is 2.52. The number of hydrogen-bond donors (Lipinski definition) is 0. The van der Waals surface area contributed by atoms with Crippen LogP contribution in [0.1, 0.15) is 64.1 Å². The molecule has 1 fully saturated rings. The summed E-state index contributed by atoms with van der Waals surface area (Å²) in [6.07, 6.45) is 4.00. The Morgan fingerprint density at radius 2 is 2.11 bits per heavy atom. The third-order valence-corrected chi connectivity index (χ3v) is 4.30. The lowest BCUT2D eigenvalue weighted by atomic mass is 9.79. The molecule has 1 aliphatic carbocycles. The van der Waals surface area contributed by atoms with E-state index in [0.717, 1.165) is 25.7 Å². The zero-order valence-electron chi connectivity index (χ0n) is 12.1. The predicted octanol–water partition coefficient (Wildman–Crippen LogP) is 2.81. The zero-order valence-corrected chi connectivity index (χ0v) is 12.1. The van der Waals surface area contributed by atoms with Gasteiger partial charge in [0.2, 0.25) is 11.7 Å². The highest BCUT2D eigenvalue weighted by Gasteiger charge is 2.40. The lowest BCUT2D eigenvalue weighted by Gasteiger charge is -2.35. The fourth-order valence-corrected chi connectivity index (χ4v) is 2.52. The van der Waals surface area contributed by atoms with E-state index in [4.69, 9.17) is 9.26 Å². The molecule has 0 N–H and O–H groups in total. The molecular weight excluding hydrogens is 244 g/mol.